The fourth-order valence-corrected chi connectivity index (χ4v) is 6.36. The molecule has 44 heavy (non-hydrogen) atoms. The molecule has 226 valence electrons. The lowest BCUT2D eigenvalue weighted by Gasteiger charge is -2.55. The molecule has 0 aliphatic carbocycles. The van der Waals surface area contributed by atoms with Crippen molar-refractivity contribution in [1.82, 2.24) is 30.0 Å². The zero-order valence-corrected chi connectivity index (χ0v) is 24.9. The van der Waals surface area contributed by atoms with Crippen molar-refractivity contribution in [3.8, 4) is 5.75 Å². The van der Waals surface area contributed by atoms with Crippen molar-refractivity contribution in [2.75, 3.05) is 19.6 Å². The van der Waals surface area contributed by atoms with Crippen molar-refractivity contribution in [1.29, 1.82) is 0 Å². The predicted octanol–water partition coefficient (Wildman–Crippen LogP) is 3.91. The van der Waals surface area contributed by atoms with Crippen LogP contribution in [0.25, 0.3) is 10.9 Å². The average molecular weight is 613 g/mol. The SMILES string of the molecule is C=CCN1CC(=O)N2C(Cc3ccc(O)cc3)C(=O)N(Cc3cccc4c(Cl)[nH]nc34)C[C@@H]2N1C(=O)CCc1ccccc1. The Balaban J connectivity index is 1.37. The van der Waals surface area contributed by atoms with Crippen LogP contribution in [0.2, 0.25) is 5.15 Å². The number of phenolic OH excluding ortho intramolecular Hbond substituents is 1. The van der Waals surface area contributed by atoms with Crippen LogP contribution in [0.4, 0.5) is 0 Å². The number of aromatic nitrogens is 2. The fourth-order valence-electron chi connectivity index (χ4n) is 6.17. The highest BCUT2D eigenvalue weighted by molar-refractivity contribution is 6.34. The van der Waals surface area contributed by atoms with E-state index >= 15 is 0 Å². The molecule has 1 unspecified atom stereocenters. The van der Waals surface area contributed by atoms with Gasteiger partial charge in [0.05, 0.1) is 18.6 Å². The molecule has 2 N–H and O–H groups in total. The van der Waals surface area contributed by atoms with Crippen molar-refractivity contribution in [2.45, 2.75) is 38.0 Å². The summed E-state index contributed by atoms with van der Waals surface area (Å²) < 4.78 is 0. The molecule has 4 aromatic rings. The summed E-state index contributed by atoms with van der Waals surface area (Å²) in [6.45, 7) is 4.44. The van der Waals surface area contributed by atoms with E-state index in [1.807, 2.05) is 48.5 Å². The molecule has 6 rings (SSSR count). The molecule has 3 aromatic carbocycles. The highest BCUT2D eigenvalue weighted by Gasteiger charge is 2.51. The van der Waals surface area contributed by atoms with Crippen LogP contribution in [0.5, 0.6) is 5.75 Å². The number of aromatic hydroxyl groups is 1. The average Bonchev–Trinajstić information content (AvgIpc) is 3.41. The summed E-state index contributed by atoms with van der Waals surface area (Å²) in [5, 5.41) is 21.5. The summed E-state index contributed by atoms with van der Waals surface area (Å²) in [7, 11) is 0. The number of rotatable bonds is 9. The van der Waals surface area contributed by atoms with Gasteiger partial charge in [0.15, 0.2) is 0 Å². The number of piperazine rings is 1. The number of hydrogen-bond acceptors (Lipinski definition) is 6. The molecule has 2 aliphatic heterocycles. The Labute approximate surface area is 260 Å². The maximum atomic E-state index is 14.2. The zero-order valence-electron chi connectivity index (χ0n) is 24.1. The molecule has 1 aromatic heterocycles. The van der Waals surface area contributed by atoms with Crippen LogP contribution in [0.3, 0.4) is 0 Å². The normalized spacial score (nSPS) is 19.0. The van der Waals surface area contributed by atoms with Crippen LogP contribution in [-0.2, 0) is 33.8 Å². The lowest BCUT2D eigenvalue weighted by atomic mass is 9.97. The second-order valence-electron chi connectivity index (χ2n) is 11.1. The van der Waals surface area contributed by atoms with Gasteiger partial charge >= 0.3 is 0 Å². The van der Waals surface area contributed by atoms with Gasteiger partial charge < -0.3 is 14.9 Å². The number of H-pyrrole nitrogens is 1. The van der Waals surface area contributed by atoms with E-state index in [2.05, 4.69) is 16.8 Å². The van der Waals surface area contributed by atoms with Gasteiger partial charge in [0.2, 0.25) is 17.7 Å². The molecule has 3 heterocycles. The fraction of sp³-hybridized carbons (Fsp3) is 0.273. The number of phenols is 1. The Morgan fingerprint density at radius 1 is 1.05 bits per heavy atom. The highest BCUT2D eigenvalue weighted by Crippen LogP contribution is 2.31. The molecule has 2 atom stereocenters. The number of carbonyl (C=O) groups excluding carboxylic acids is 3. The van der Waals surface area contributed by atoms with E-state index in [1.54, 1.807) is 50.2 Å². The quantitative estimate of drug-likeness (QED) is 0.277. The van der Waals surface area contributed by atoms with Gasteiger partial charge in [-0.2, -0.15) is 5.10 Å². The first-order valence-electron chi connectivity index (χ1n) is 14.5. The number of aromatic amines is 1. The van der Waals surface area contributed by atoms with Crippen molar-refractivity contribution in [3.63, 3.8) is 0 Å². The monoisotopic (exact) mass is 612 g/mol. The number of nitrogens with one attached hydrogen (secondary N) is 1. The lowest BCUT2D eigenvalue weighted by molar-refractivity contribution is -0.205. The molecular weight excluding hydrogens is 580 g/mol. The van der Waals surface area contributed by atoms with Crippen molar-refractivity contribution >= 4 is 40.2 Å². The first-order valence-corrected chi connectivity index (χ1v) is 14.9. The topological polar surface area (TPSA) is 113 Å². The molecule has 2 saturated heterocycles. The molecule has 0 radical (unpaired) electrons. The van der Waals surface area contributed by atoms with E-state index in [0.717, 1.165) is 22.1 Å². The molecule has 2 aliphatic rings. The van der Waals surface area contributed by atoms with Crippen molar-refractivity contribution in [2.24, 2.45) is 0 Å². The lowest BCUT2D eigenvalue weighted by Crippen LogP contribution is -2.75. The summed E-state index contributed by atoms with van der Waals surface area (Å²) in [6.07, 6.45) is 1.95. The highest BCUT2D eigenvalue weighted by atomic mass is 35.5. The maximum absolute atomic E-state index is 14.2. The number of carbonyl (C=O) groups is 3. The standard InChI is InChI=1S/C33H33ClN6O4/c1-2-17-38-21-30(43)39-27(18-23-11-14-25(41)15-12-23)33(44)37(19-24-9-6-10-26-31(24)35-36-32(26)34)20-28(39)40(38)29(42)16-13-22-7-4-3-5-8-22/h2-12,14-15,27-28,41H,1,13,16-21H2,(H,35,36)/t27?,28-/m0/s1. The second-order valence-corrected chi connectivity index (χ2v) is 11.5. The number of hydrazine groups is 1. The van der Waals surface area contributed by atoms with Crippen molar-refractivity contribution < 1.29 is 19.5 Å². The van der Waals surface area contributed by atoms with Gasteiger partial charge in [-0.05, 0) is 41.3 Å². The Bertz CT molecular complexity index is 1690. The molecule has 10 nitrogen and oxygen atoms in total. The summed E-state index contributed by atoms with van der Waals surface area (Å²) in [4.78, 5) is 45.3. The third-order valence-corrected chi connectivity index (χ3v) is 8.53. The minimum absolute atomic E-state index is 0.0516. The van der Waals surface area contributed by atoms with Crippen LogP contribution in [0, 0.1) is 0 Å². The molecule has 2 fully saturated rings. The number of para-hydroxylation sites is 1. The van der Waals surface area contributed by atoms with E-state index in [0.29, 0.717) is 23.6 Å². The predicted molar refractivity (Wildman–Crippen MR) is 166 cm³/mol. The Kier molecular flexibility index (Phi) is 8.36. The van der Waals surface area contributed by atoms with E-state index < -0.39 is 12.2 Å². The van der Waals surface area contributed by atoms with E-state index in [9.17, 15) is 19.5 Å². The molecule has 0 spiro atoms. The first-order chi connectivity index (χ1) is 21.3. The Morgan fingerprint density at radius 3 is 2.57 bits per heavy atom. The smallest absolute Gasteiger partial charge is 0.246 e. The van der Waals surface area contributed by atoms with Gasteiger partial charge in [0.1, 0.15) is 23.1 Å². The number of aryl methyl sites for hydroxylation is 1. The third kappa shape index (κ3) is 5.78. The summed E-state index contributed by atoms with van der Waals surface area (Å²) in [6, 6.07) is 21.1. The molecule has 3 amide bonds. The van der Waals surface area contributed by atoms with Crippen LogP contribution in [0.1, 0.15) is 23.1 Å². The second kappa shape index (κ2) is 12.5. The summed E-state index contributed by atoms with van der Waals surface area (Å²) >= 11 is 6.30. The number of fused-ring (bicyclic) bond motifs is 2. The van der Waals surface area contributed by atoms with E-state index in [1.165, 1.54) is 0 Å². The number of benzene rings is 3. The number of amides is 3. The van der Waals surface area contributed by atoms with Gasteiger partial charge in [0.25, 0.3) is 0 Å². The Morgan fingerprint density at radius 2 is 1.82 bits per heavy atom. The van der Waals surface area contributed by atoms with Crippen LogP contribution in [0.15, 0.2) is 85.5 Å². The van der Waals surface area contributed by atoms with Gasteiger partial charge in [-0.3, -0.25) is 19.5 Å². The van der Waals surface area contributed by atoms with Gasteiger partial charge in [-0.15, -0.1) is 6.58 Å². The minimum Gasteiger partial charge on any atom is -0.508 e. The van der Waals surface area contributed by atoms with Crippen LogP contribution in [-0.4, -0.2) is 84.7 Å². The van der Waals surface area contributed by atoms with Gasteiger partial charge in [0, 0.05) is 31.3 Å². The van der Waals surface area contributed by atoms with Crippen LogP contribution >= 0.6 is 11.6 Å². The molecular formula is C33H33ClN6O4. The first kappa shape index (κ1) is 29.4. The van der Waals surface area contributed by atoms with E-state index in [-0.39, 0.29) is 55.9 Å². The third-order valence-electron chi connectivity index (χ3n) is 8.24. The maximum Gasteiger partial charge on any atom is 0.246 e. The summed E-state index contributed by atoms with van der Waals surface area (Å²) in [5.41, 5.74) is 3.28. The largest absolute Gasteiger partial charge is 0.508 e. The van der Waals surface area contributed by atoms with Gasteiger partial charge in [-0.25, -0.2) is 10.0 Å². The minimum atomic E-state index is -0.858. The zero-order chi connectivity index (χ0) is 30.8. The molecule has 0 saturated carbocycles. The summed E-state index contributed by atoms with van der Waals surface area (Å²) in [5.74, 6) is -0.493. The Hall–Kier alpha value is -4.67. The van der Waals surface area contributed by atoms with Crippen LogP contribution < -0.4 is 0 Å². The number of hydrogen-bond donors (Lipinski definition) is 2. The number of halogens is 1. The van der Waals surface area contributed by atoms with E-state index in [4.69, 9.17) is 11.6 Å². The molecule has 11 heteroatoms. The van der Waals surface area contributed by atoms with Crippen molar-refractivity contribution in [3.05, 3.63) is 107 Å². The molecule has 0 bridgehead atoms. The van der Waals surface area contributed by atoms with Gasteiger partial charge in [-0.1, -0.05) is 72.3 Å². The number of nitrogens with zero attached hydrogens (tertiary/aromatic N) is 5.